The minimum absolute atomic E-state index is 0.00926. The summed E-state index contributed by atoms with van der Waals surface area (Å²) >= 11 is 0. The third-order valence-electron chi connectivity index (χ3n) is 5.56. The van der Waals surface area contributed by atoms with Crippen molar-refractivity contribution in [3.8, 4) is 0 Å². The Kier molecular flexibility index (Phi) is 7.76. The summed E-state index contributed by atoms with van der Waals surface area (Å²) in [4.78, 5) is 42.7. The number of nitrogens with zero attached hydrogens (tertiary/aromatic N) is 3. The van der Waals surface area contributed by atoms with Gasteiger partial charge in [0, 0.05) is 56.1 Å². The Morgan fingerprint density at radius 3 is 2.26 bits per heavy atom. The van der Waals surface area contributed by atoms with Crippen molar-refractivity contribution in [2.24, 2.45) is 5.92 Å². The van der Waals surface area contributed by atoms with Gasteiger partial charge in [-0.15, -0.1) is 0 Å². The maximum Gasteiger partial charge on any atom is 0.317 e. The molecule has 2 N–H and O–H groups in total. The molecule has 3 rings (SSSR count). The number of hydrogen-bond acceptors (Lipinski definition) is 4. The van der Waals surface area contributed by atoms with E-state index >= 15 is 0 Å². The molecule has 1 aliphatic heterocycles. The molecule has 31 heavy (non-hydrogen) atoms. The lowest BCUT2D eigenvalue weighted by Gasteiger charge is -2.36. The largest absolute Gasteiger partial charge is 0.368 e. The van der Waals surface area contributed by atoms with Crippen LogP contribution in [-0.2, 0) is 9.59 Å². The predicted molar refractivity (Wildman–Crippen MR) is 122 cm³/mol. The second-order valence-corrected chi connectivity index (χ2v) is 8.71. The minimum Gasteiger partial charge on any atom is -0.368 e. The van der Waals surface area contributed by atoms with Crippen molar-refractivity contribution in [2.45, 2.75) is 46.1 Å². The number of anilines is 2. The van der Waals surface area contributed by atoms with Gasteiger partial charge in [-0.2, -0.15) is 0 Å². The molecule has 4 amide bonds. The lowest BCUT2D eigenvalue weighted by Crippen LogP contribution is -2.52. The molecule has 1 aliphatic carbocycles. The fourth-order valence-corrected chi connectivity index (χ4v) is 3.76. The SMILES string of the molecule is CCCN(CC(=O)Nc1ccc(N2CCN(C(=O)NC(C)C)CC2)cc1)C(=O)C1CC1. The van der Waals surface area contributed by atoms with Crippen LogP contribution in [-0.4, -0.2) is 73.0 Å². The van der Waals surface area contributed by atoms with Gasteiger partial charge < -0.3 is 25.3 Å². The van der Waals surface area contributed by atoms with Gasteiger partial charge in [0.1, 0.15) is 0 Å². The Labute approximate surface area is 184 Å². The van der Waals surface area contributed by atoms with Gasteiger partial charge in [0.25, 0.3) is 0 Å². The molecule has 0 radical (unpaired) electrons. The normalized spacial score (nSPS) is 16.3. The van der Waals surface area contributed by atoms with Crippen LogP contribution in [0.2, 0.25) is 0 Å². The lowest BCUT2D eigenvalue weighted by atomic mass is 10.2. The molecule has 1 saturated heterocycles. The second-order valence-electron chi connectivity index (χ2n) is 8.71. The van der Waals surface area contributed by atoms with Crippen LogP contribution in [0, 0.1) is 5.92 Å². The molecule has 0 unspecified atom stereocenters. The van der Waals surface area contributed by atoms with E-state index < -0.39 is 0 Å². The Hall–Kier alpha value is -2.77. The topological polar surface area (TPSA) is 85.0 Å². The standard InChI is InChI=1S/C23H35N5O3/c1-4-11-28(22(30)18-5-6-18)16-21(29)25-19-7-9-20(10-8-19)26-12-14-27(15-13-26)23(31)24-17(2)3/h7-10,17-18H,4-6,11-16H2,1-3H3,(H,24,31)(H,25,29). The van der Waals surface area contributed by atoms with Crippen molar-refractivity contribution in [1.82, 2.24) is 15.1 Å². The first-order valence-corrected chi connectivity index (χ1v) is 11.4. The fourth-order valence-electron chi connectivity index (χ4n) is 3.76. The molecule has 1 heterocycles. The van der Waals surface area contributed by atoms with E-state index in [2.05, 4.69) is 15.5 Å². The molecule has 1 aromatic rings. The lowest BCUT2D eigenvalue weighted by molar-refractivity contribution is -0.135. The highest BCUT2D eigenvalue weighted by molar-refractivity contribution is 5.95. The summed E-state index contributed by atoms with van der Waals surface area (Å²) < 4.78 is 0. The molecule has 1 saturated carbocycles. The number of urea groups is 1. The zero-order valence-corrected chi connectivity index (χ0v) is 18.9. The van der Waals surface area contributed by atoms with E-state index in [0.717, 1.165) is 43.7 Å². The molecular formula is C23H35N5O3. The highest BCUT2D eigenvalue weighted by Crippen LogP contribution is 2.31. The number of hydrogen-bond donors (Lipinski definition) is 2. The van der Waals surface area contributed by atoms with Crippen molar-refractivity contribution in [3.63, 3.8) is 0 Å². The van der Waals surface area contributed by atoms with E-state index in [-0.39, 0.29) is 36.3 Å². The molecular weight excluding hydrogens is 394 g/mol. The number of nitrogens with one attached hydrogen (secondary N) is 2. The van der Waals surface area contributed by atoms with E-state index in [1.165, 1.54) is 0 Å². The number of amides is 4. The predicted octanol–water partition coefficient (Wildman–Crippen LogP) is 2.51. The van der Waals surface area contributed by atoms with Gasteiger partial charge in [-0.25, -0.2) is 4.79 Å². The van der Waals surface area contributed by atoms with E-state index in [4.69, 9.17) is 0 Å². The highest BCUT2D eigenvalue weighted by Gasteiger charge is 2.33. The van der Waals surface area contributed by atoms with E-state index in [9.17, 15) is 14.4 Å². The maximum atomic E-state index is 12.4. The minimum atomic E-state index is -0.167. The van der Waals surface area contributed by atoms with Crippen LogP contribution in [0.3, 0.4) is 0 Å². The second kappa shape index (κ2) is 10.5. The van der Waals surface area contributed by atoms with Gasteiger partial charge in [0.15, 0.2) is 0 Å². The summed E-state index contributed by atoms with van der Waals surface area (Å²) in [5, 5.41) is 5.84. The van der Waals surface area contributed by atoms with Gasteiger partial charge in [0.2, 0.25) is 11.8 Å². The Bertz CT molecular complexity index is 768. The Morgan fingerprint density at radius 1 is 1.06 bits per heavy atom. The van der Waals surface area contributed by atoms with Crippen LogP contribution < -0.4 is 15.5 Å². The summed E-state index contributed by atoms with van der Waals surface area (Å²) in [7, 11) is 0. The molecule has 0 spiro atoms. The zero-order chi connectivity index (χ0) is 22.4. The smallest absolute Gasteiger partial charge is 0.317 e. The molecule has 8 heteroatoms. The Balaban J connectivity index is 1.48. The number of piperazine rings is 1. The summed E-state index contributed by atoms with van der Waals surface area (Å²) in [6.45, 7) is 9.55. The number of carbonyl (C=O) groups is 3. The third kappa shape index (κ3) is 6.60. The molecule has 2 aliphatic rings. The fraction of sp³-hybridized carbons (Fsp3) is 0.609. The number of benzene rings is 1. The van der Waals surface area contributed by atoms with Crippen LogP contribution in [0.1, 0.15) is 40.0 Å². The molecule has 0 bridgehead atoms. The molecule has 8 nitrogen and oxygen atoms in total. The van der Waals surface area contributed by atoms with Crippen LogP contribution in [0.4, 0.5) is 16.2 Å². The maximum absolute atomic E-state index is 12.4. The average molecular weight is 430 g/mol. The van der Waals surface area contributed by atoms with Crippen LogP contribution in [0.25, 0.3) is 0 Å². The number of carbonyl (C=O) groups excluding carboxylic acids is 3. The summed E-state index contributed by atoms with van der Waals surface area (Å²) in [5.74, 6) is 0.0593. The van der Waals surface area contributed by atoms with E-state index in [1.807, 2.05) is 49.9 Å². The molecule has 2 fully saturated rings. The van der Waals surface area contributed by atoms with Gasteiger partial charge >= 0.3 is 6.03 Å². The first-order chi connectivity index (χ1) is 14.9. The summed E-state index contributed by atoms with van der Waals surface area (Å²) in [6, 6.07) is 7.87. The molecule has 1 aromatic carbocycles. The van der Waals surface area contributed by atoms with Gasteiger partial charge in [-0.1, -0.05) is 6.92 Å². The number of rotatable bonds is 8. The third-order valence-corrected chi connectivity index (χ3v) is 5.56. The van der Waals surface area contributed by atoms with Crippen molar-refractivity contribution in [3.05, 3.63) is 24.3 Å². The van der Waals surface area contributed by atoms with Crippen molar-refractivity contribution in [2.75, 3.05) is 49.5 Å². The van der Waals surface area contributed by atoms with Gasteiger partial charge in [-0.05, 0) is 57.4 Å². The van der Waals surface area contributed by atoms with E-state index in [1.54, 1.807) is 4.90 Å². The van der Waals surface area contributed by atoms with Gasteiger partial charge in [-0.3, -0.25) is 9.59 Å². The summed E-state index contributed by atoms with van der Waals surface area (Å²) in [6.07, 6.45) is 2.73. The zero-order valence-electron chi connectivity index (χ0n) is 18.9. The van der Waals surface area contributed by atoms with Crippen molar-refractivity contribution < 1.29 is 14.4 Å². The van der Waals surface area contributed by atoms with Crippen LogP contribution >= 0.6 is 0 Å². The average Bonchev–Trinajstić information content (AvgIpc) is 3.58. The first kappa shape index (κ1) is 22.9. The first-order valence-electron chi connectivity index (χ1n) is 11.4. The molecule has 0 atom stereocenters. The van der Waals surface area contributed by atoms with E-state index in [0.29, 0.717) is 19.6 Å². The van der Waals surface area contributed by atoms with Crippen LogP contribution in [0.5, 0.6) is 0 Å². The van der Waals surface area contributed by atoms with Crippen LogP contribution in [0.15, 0.2) is 24.3 Å². The van der Waals surface area contributed by atoms with Crippen molar-refractivity contribution >= 4 is 29.2 Å². The highest BCUT2D eigenvalue weighted by atomic mass is 16.2. The molecule has 170 valence electrons. The van der Waals surface area contributed by atoms with Crippen molar-refractivity contribution in [1.29, 1.82) is 0 Å². The Morgan fingerprint density at radius 2 is 1.71 bits per heavy atom. The molecule has 0 aromatic heterocycles. The summed E-state index contributed by atoms with van der Waals surface area (Å²) in [5.41, 5.74) is 1.79. The quantitative estimate of drug-likeness (QED) is 0.665. The van der Waals surface area contributed by atoms with Gasteiger partial charge in [0.05, 0.1) is 6.54 Å². The monoisotopic (exact) mass is 429 g/mol.